The van der Waals surface area contributed by atoms with E-state index in [0.717, 1.165) is 25.7 Å². The lowest BCUT2D eigenvalue weighted by atomic mass is 10.2. The number of hydrogen-bond donors (Lipinski definition) is 1. The van der Waals surface area contributed by atoms with Crippen LogP contribution in [0, 0.1) is 0 Å². The summed E-state index contributed by atoms with van der Waals surface area (Å²) in [5, 5.41) is 0. The van der Waals surface area contributed by atoms with Gasteiger partial charge in [-0.05, 0) is 25.0 Å². The summed E-state index contributed by atoms with van der Waals surface area (Å²) in [6, 6.07) is 6.82. The van der Waals surface area contributed by atoms with Gasteiger partial charge in [0.25, 0.3) is 0 Å². The monoisotopic (exact) mass is 268 g/mol. The van der Waals surface area contributed by atoms with E-state index in [-0.39, 0.29) is 10.9 Å². The Hall–Kier alpha value is -1.07. The van der Waals surface area contributed by atoms with Gasteiger partial charge in [-0.2, -0.15) is 4.31 Å². The van der Waals surface area contributed by atoms with Crippen LogP contribution in [0.15, 0.2) is 29.2 Å². The molecule has 5 heteroatoms. The molecule has 0 saturated heterocycles. The smallest absolute Gasteiger partial charge is 0.245 e. The SMILES string of the molecule is CCN(C1CCCC1)S(=O)(=O)c1ccccc1N. The van der Waals surface area contributed by atoms with Gasteiger partial charge in [0, 0.05) is 12.6 Å². The van der Waals surface area contributed by atoms with Gasteiger partial charge in [-0.25, -0.2) is 8.42 Å². The molecule has 1 aromatic rings. The number of hydrogen-bond acceptors (Lipinski definition) is 3. The van der Waals surface area contributed by atoms with Crippen LogP contribution in [0.3, 0.4) is 0 Å². The van der Waals surface area contributed by atoms with E-state index in [4.69, 9.17) is 5.73 Å². The van der Waals surface area contributed by atoms with E-state index in [2.05, 4.69) is 0 Å². The maximum absolute atomic E-state index is 12.6. The van der Waals surface area contributed by atoms with E-state index in [1.54, 1.807) is 28.6 Å². The van der Waals surface area contributed by atoms with Crippen LogP contribution in [0.1, 0.15) is 32.6 Å². The molecule has 0 aromatic heterocycles. The molecule has 0 unspecified atom stereocenters. The molecule has 1 saturated carbocycles. The van der Waals surface area contributed by atoms with Gasteiger partial charge in [-0.1, -0.05) is 31.9 Å². The Labute approximate surface area is 109 Å². The first-order valence-electron chi connectivity index (χ1n) is 6.43. The fourth-order valence-corrected chi connectivity index (χ4v) is 4.47. The highest BCUT2D eigenvalue weighted by molar-refractivity contribution is 7.89. The lowest BCUT2D eigenvalue weighted by molar-refractivity contribution is 0.335. The van der Waals surface area contributed by atoms with Crippen molar-refractivity contribution in [2.45, 2.75) is 43.5 Å². The minimum atomic E-state index is -3.46. The van der Waals surface area contributed by atoms with Crippen LogP contribution in [0.4, 0.5) is 5.69 Å². The summed E-state index contributed by atoms with van der Waals surface area (Å²) < 4.78 is 26.8. The zero-order chi connectivity index (χ0) is 13.2. The number of nitrogen functional groups attached to an aromatic ring is 1. The van der Waals surface area contributed by atoms with E-state index >= 15 is 0 Å². The lowest BCUT2D eigenvalue weighted by Gasteiger charge is -2.27. The maximum Gasteiger partial charge on any atom is 0.245 e. The van der Waals surface area contributed by atoms with E-state index in [1.807, 2.05) is 6.92 Å². The Balaban J connectivity index is 2.37. The van der Waals surface area contributed by atoms with Crippen molar-refractivity contribution in [3.8, 4) is 0 Å². The third-order valence-corrected chi connectivity index (χ3v) is 5.65. The summed E-state index contributed by atoms with van der Waals surface area (Å²) in [6.07, 6.45) is 4.14. The Bertz CT molecular complexity index is 507. The van der Waals surface area contributed by atoms with Crippen molar-refractivity contribution in [2.24, 2.45) is 0 Å². The summed E-state index contributed by atoms with van der Waals surface area (Å²) in [5.41, 5.74) is 6.12. The molecule has 1 fully saturated rings. The highest BCUT2D eigenvalue weighted by atomic mass is 32.2. The van der Waals surface area contributed by atoms with E-state index in [0.29, 0.717) is 12.2 Å². The summed E-state index contributed by atoms with van der Waals surface area (Å²) in [6.45, 7) is 2.39. The minimum absolute atomic E-state index is 0.139. The van der Waals surface area contributed by atoms with Crippen molar-refractivity contribution in [3.63, 3.8) is 0 Å². The predicted molar refractivity (Wildman–Crippen MR) is 72.7 cm³/mol. The van der Waals surface area contributed by atoms with Gasteiger partial charge in [-0.15, -0.1) is 0 Å². The molecule has 2 rings (SSSR count). The minimum Gasteiger partial charge on any atom is -0.398 e. The largest absolute Gasteiger partial charge is 0.398 e. The van der Waals surface area contributed by atoms with Crippen LogP contribution in [-0.2, 0) is 10.0 Å². The first-order chi connectivity index (χ1) is 8.57. The molecular weight excluding hydrogens is 248 g/mol. The number of nitrogens with zero attached hydrogens (tertiary/aromatic N) is 1. The molecule has 18 heavy (non-hydrogen) atoms. The Kier molecular flexibility index (Phi) is 3.92. The first kappa shape index (κ1) is 13.4. The third kappa shape index (κ3) is 2.37. The number of benzene rings is 1. The Morgan fingerprint density at radius 1 is 1.28 bits per heavy atom. The number of nitrogens with two attached hydrogens (primary N) is 1. The van der Waals surface area contributed by atoms with Gasteiger partial charge < -0.3 is 5.73 Å². The van der Waals surface area contributed by atoms with Crippen LogP contribution in [0.2, 0.25) is 0 Å². The molecule has 2 N–H and O–H groups in total. The molecule has 1 aliphatic rings. The highest BCUT2D eigenvalue weighted by Crippen LogP contribution is 2.30. The third-order valence-electron chi connectivity index (χ3n) is 3.55. The van der Waals surface area contributed by atoms with Crippen molar-refractivity contribution >= 4 is 15.7 Å². The molecule has 0 atom stereocenters. The lowest BCUT2D eigenvalue weighted by Crippen LogP contribution is -2.38. The first-order valence-corrected chi connectivity index (χ1v) is 7.87. The van der Waals surface area contributed by atoms with Crippen LogP contribution in [0.5, 0.6) is 0 Å². The second-order valence-electron chi connectivity index (χ2n) is 4.68. The zero-order valence-electron chi connectivity index (χ0n) is 10.7. The topological polar surface area (TPSA) is 63.4 Å². The van der Waals surface area contributed by atoms with Crippen molar-refractivity contribution in [3.05, 3.63) is 24.3 Å². The molecule has 0 aliphatic heterocycles. The van der Waals surface area contributed by atoms with Crippen LogP contribution in [-0.4, -0.2) is 25.3 Å². The normalized spacial score (nSPS) is 17.4. The second-order valence-corrected chi connectivity index (χ2v) is 6.54. The van der Waals surface area contributed by atoms with E-state index in [9.17, 15) is 8.42 Å². The molecule has 1 aliphatic carbocycles. The summed E-state index contributed by atoms with van der Waals surface area (Å²) >= 11 is 0. The maximum atomic E-state index is 12.6. The molecular formula is C13H20N2O2S. The molecule has 4 nitrogen and oxygen atoms in total. The van der Waals surface area contributed by atoms with Crippen molar-refractivity contribution in [1.29, 1.82) is 0 Å². The van der Waals surface area contributed by atoms with Crippen LogP contribution >= 0.6 is 0 Å². The molecule has 1 aromatic carbocycles. The van der Waals surface area contributed by atoms with Crippen LogP contribution < -0.4 is 5.73 Å². The average molecular weight is 268 g/mol. The quantitative estimate of drug-likeness (QED) is 0.852. The Morgan fingerprint density at radius 2 is 1.89 bits per heavy atom. The van der Waals surface area contributed by atoms with Gasteiger partial charge in [0.05, 0.1) is 5.69 Å². The summed E-state index contributed by atoms with van der Waals surface area (Å²) in [7, 11) is -3.46. The number of sulfonamides is 1. The second kappa shape index (κ2) is 5.28. The molecule has 0 heterocycles. The highest BCUT2D eigenvalue weighted by Gasteiger charge is 2.32. The molecule has 100 valence electrons. The predicted octanol–water partition coefficient (Wildman–Crippen LogP) is 2.22. The molecule has 0 bridgehead atoms. The average Bonchev–Trinajstić information content (AvgIpc) is 2.83. The molecule has 0 radical (unpaired) electrons. The van der Waals surface area contributed by atoms with E-state index < -0.39 is 10.0 Å². The summed E-state index contributed by atoms with van der Waals surface area (Å²) in [5.74, 6) is 0. The summed E-state index contributed by atoms with van der Waals surface area (Å²) in [4.78, 5) is 0.235. The Morgan fingerprint density at radius 3 is 2.44 bits per heavy atom. The van der Waals surface area contributed by atoms with Crippen LogP contribution in [0.25, 0.3) is 0 Å². The van der Waals surface area contributed by atoms with Gasteiger partial charge in [-0.3, -0.25) is 0 Å². The fourth-order valence-electron chi connectivity index (χ4n) is 2.66. The van der Waals surface area contributed by atoms with Crippen molar-refractivity contribution in [2.75, 3.05) is 12.3 Å². The van der Waals surface area contributed by atoms with Gasteiger partial charge in [0.2, 0.25) is 10.0 Å². The van der Waals surface area contributed by atoms with Crippen molar-refractivity contribution in [1.82, 2.24) is 4.31 Å². The number of anilines is 1. The van der Waals surface area contributed by atoms with Gasteiger partial charge in [0.1, 0.15) is 4.90 Å². The molecule has 0 amide bonds. The number of rotatable bonds is 4. The van der Waals surface area contributed by atoms with E-state index in [1.165, 1.54) is 0 Å². The van der Waals surface area contributed by atoms with Gasteiger partial charge >= 0.3 is 0 Å². The fraction of sp³-hybridized carbons (Fsp3) is 0.538. The standard InChI is InChI=1S/C13H20N2O2S/c1-2-15(11-7-3-4-8-11)18(16,17)13-10-6-5-9-12(13)14/h5-6,9-11H,2-4,7-8,14H2,1H3. The molecule has 0 spiro atoms. The van der Waals surface area contributed by atoms with Crippen molar-refractivity contribution < 1.29 is 8.42 Å². The zero-order valence-corrected chi connectivity index (χ0v) is 11.5. The number of para-hydroxylation sites is 1. The van der Waals surface area contributed by atoms with Gasteiger partial charge in [0.15, 0.2) is 0 Å².